The van der Waals surface area contributed by atoms with Crippen LogP contribution < -0.4 is 4.90 Å². The molecule has 8 aromatic rings. The Hall–Kier alpha value is -7.42. The molecule has 300 valence electrons. The third-order valence-corrected chi connectivity index (χ3v) is 12.9. The van der Waals surface area contributed by atoms with Gasteiger partial charge in [0.25, 0.3) is 0 Å². The Labute approximate surface area is 366 Å². The van der Waals surface area contributed by atoms with Gasteiger partial charge in [-0.2, -0.15) is 0 Å². The topological polar surface area (TPSA) is 8.17 Å². The van der Waals surface area contributed by atoms with E-state index in [4.69, 9.17) is 0 Å². The van der Waals surface area contributed by atoms with E-state index in [1.807, 2.05) is 6.08 Å². The number of benzene rings is 7. The van der Waals surface area contributed by atoms with Crippen LogP contribution in [0.15, 0.2) is 225 Å². The molecule has 2 heteroatoms. The van der Waals surface area contributed by atoms with Gasteiger partial charge in [0.1, 0.15) is 0 Å². The zero-order valence-corrected chi connectivity index (χ0v) is 35.7. The zero-order chi connectivity index (χ0) is 42.2. The summed E-state index contributed by atoms with van der Waals surface area (Å²) in [5.74, 6) is 0. The first-order chi connectivity index (χ1) is 30.4. The quantitative estimate of drug-likeness (QED) is 0.132. The molecule has 0 amide bonds. The predicted molar refractivity (Wildman–Crippen MR) is 266 cm³/mol. The number of rotatable bonds is 9. The van der Waals surface area contributed by atoms with Crippen molar-refractivity contribution in [3.05, 3.63) is 252 Å². The second-order valence-corrected chi connectivity index (χ2v) is 17.0. The van der Waals surface area contributed by atoms with Crippen LogP contribution in [-0.2, 0) is 5.41 Å². The van der Waals surface area contributed by atoms with E-state index in [9.17, 15) is 0 Å². The molecule has 0 N–H and O–H groups in total. The van der Waals surface area contributed by atoms with Gasteiger partial charge in [0.2, 0.25) is 0 Å². The molecule has 0 radical (unpaired) electrons. The molecule has 2 aliphatic carbocycles. The van der Waals surface area contributed by atoms with Crippen LogP contribution in [0.3, 0.4) is 0 Å². The van der Waals surface area contributed by atoms with Crippen LogP contribution in [-0.4, -0.2) is 4.57 Å². The summed E-state index contributed by atoms with van der Waals surface area (Å²) in [5.41, 5.74) is 19.5. The van der Waals surface area contributed by atoms with Crippen LogP contribution in [0.4, 0.5) is 11.4 Å². The molecule has 2 nitrogen and oxygen atoms in total. The molecule has 7 aromatic carbocycles. The average molecular weight is 799 g/mol. The van der Waals surface area contributed by atoms with Crippen molar-refractivity contribution in [3.8, 4) is 16.8 Å². The monoisotopic (exact) mass is 798 g/mol. The first kappa shape index (κ1) is 38.8. The molecule has 1 aromatic heterocycles. The molecular formula is C60H50N2. The van der Waals surface area contributed by atoms with Gasteiger partial charge in [-0.25, -0.2) is 0 Å². The highest BCUT2D eigenvalue weighted by Crippen LogP contribution is 2.50. The summed E-state index contributed by atoms with van der Waals surface area (Å²) >= 11 is 0. The van der Waals surface area contributed by atoms with Gasteiger partial charge in [0, 0.05) is 38.9 Å². The molecular weight excluding hydrogens is 749 g/mol. The summed E-state index contributed by atoms with van der Waals surface area (Å²) in [7, 11) is 0. The molecule has 0 bridgehead atoms. The lowest BCUT2D eigenvalue weighted by atomic mass is 9.82. The maximum absolute atomic E-state index is 4.33. The molecule has 62 heavy (non-hydrogen) atoms. The Balaban J connectivity index is 0.938. The van der Waals surface area contributed by atoms with E-state index < -0.39 is 0 Å². The number of hydrogen-bond acceptors (Lipinski definition) is 1. The van der Waals surface area contributed by atoms with Crippen LogP contribution >= 0.6 is 0 Å². The van der Waals surface area contributed by atoms with Gasteiger partial charge in [-0.15, -0.1) is 0 Å². The summed E-state index contributed by atoms with van der Waals surface area (Å²) in [6.07, 6.45) is 17.4. The Bertz CT molecular complexity index is 3090. The highest BCUT2D eigenvalue weighted by Gasteiger charge is 2.35. The first-order valence-corrected chi connectivity index (χ1v) is 21.8. The normalized spacial score (nSPS) is 17.0. The lowest BCUT2D eigenvalue weighted by molar-refractivity contribution is 0.660. The molecule has 0 spiro atoms. The number of anilines is 2. The van der Waals surface area contributed by atoms with Crippen LogP contribution in [0.5, 0.6) is 0 Å². The third kappa shape index (κ3) is 6.98. The van der Waals surface area contributed by atoms with E-state index in [2.05, 4.69) is 243 Å². The lowest BCUT2D eigenvalue weighted by Gasteiger charge is -2.29. The lowest BCUT2D eigenvalue weighted by Crippen LogP contribution is -2.18. The predicted octanol–water partition coefficient (Wildman–Crippen LogP) is 16.2. The fourth-order valence-electron chi connectivity index (χ4n) is 9.61. The summed E-state index contributed by atoms with van der Waals surface area (Å²) in [6.45, 7) is 11.2. The van der Waals surface area contributed by atoms with Crippen molar-refractivity contribution in [2.75, 3.05) is 4.90 Å². The van der Waals surface area contributed by atoms with E-state index in [1.54, 1.807) is 0 Å². The summed E-state index contributed by atoms with van der Waals surface area (Å²) in [5, 5.41) is 2.56. The van der Waals surface area contributed by atoms with Crippen molar-refractivity contribution < 1.29 is 0 Å². The van der Waals surface area contributed by atoms with Gasteiger partial charge in [0.05, 0.1) is 11.0 Å². The van der Waals surface area contributed by atoms with Crippen molar-refractivity contribution in [3.63, 3.8) is 0 Å². The van der Waals surface area contributed by atoms with E-state index in [0.717, 1.165) is 29.9 Å². The maximum Gasteiger partial charge on any atom is 0.0541 e. The van der Waals surface area contributed by atoms with Crippen LogP contribution in [0, 0.1) is 0 Å². The molecule has 10 rings (SSSR count). The van der Waals surface area contributed by atoms with E-state index >= 15 is 0 Å². The minimum absolute atomic E-state index is 0.108. The second kappa shape index (κ2) is 16.2. The van der Waals surface area contributed by atoms with Gasteiger partial charge in [-0.1, -0.05) is 172 Å². The average Bonchev–Trinajstić information content (AvgIpc) is 3.76. The van der Waals surface area contributed by atoms with Gasteiger partial charge in [-0.3, -0.25) is 0 Å². The molecule has 0 saturated carbocycles. The fourth-order valence-corrected chi connectivity index (χ4v) is 9.61. The second-order valence-electron chi connectivity index (χ2n) is 17.0. The van der Waals surface area contributed by atoms with Crippen molar-refractivity contribution >= 4 is 49.9 Å². The Morgan fingerprint density at radius 1 is 0.629 bits per heavy atom. The molecule has 0 unspecified atom stereocenters. The molecule has 1 heterocycles. The van der Waals surface area contributed by atoms with Crippen molar-refractivity contribution in [2.45, 2.75) is 39.0 Å². The largest absolute Gasteiger partial charge is 0.311 e. The van der Waals surface area contributed by atoms with E-state index in [-0.39, 0.29) is 5.41 Å². The standard InChI is InChI=1S/C60H50N2/c1-5-48(34-29-42(2)43-17-7-6-8-18-43)61(51-39-40-53-52-23-9-12-26-56(52)60(3,4)57(53)41-51)49-35-30-46(31-36-49)44-19-15-21-45(22-16-20-44)47-32-37-50(38-33-47)62-58-27-13-10-24-54(58)55-25-11-14-28-59(55)62/h5-15,17-19,21-41H,1,16,20H2,2-4H3/b21-15-,42-29+,44-19+,45-22+,48-34+. The maximum atomic E-state index is 4.33. The number of para-hydroxylation sites is 2. The fraction of sp³-hybridized carbons (Fsp3) is 0.100. The molecule has 0 atom stereocenters. The number of aromatic nitrogens is 1. The van der Waals surface area contributed by atoms with Crippen molar-refractivity contribution in [1.82, 2.24) is 4.57 Å². The summed E-state index contributed by atoms with van der Waals surface area (Å²) in [4.78, 5) is 2.35. The molecule has 0 saturated heterocycles. The SMILES string of the molecule is C=C/C(=C\C=C(/C)c1ccccc1)N(c1ccc(/C2=C/C=C\C(c3ccc(-n4c5ccccc5c5ccccc54)cc3)=C/CC2)cc1)c1ccc2c(c1)C(C)(C)c1ccccc1-2. The van der Waals surface area contributed by atoms with Crippen LogP contribution in [0.1, 0.15) is 61.4 Å². The molecule has 2 aliphatic rings. The molecule has 0 fully saturated rings. The van der Waals surface area contributed by atoms with Gasteiger partial charge < -0.3 is 9.47 Å². The smallest absolute Gasteiger partial charge is 0.0541 e. The highest BCUT2D eigenvalue weighted by atomic mass is 15.1. The first-order valence-electron chi connectivity index (χ1n) is 21.8. The van der Waals surface area contributed by atoms with Crippen molar-refractivity contribution in [2.24, 2.45) is 0 Å². The highest BCUT2D eigenvalue weighted by molar-refractivity contribution is 6.09. The number of nitrogens with zero attached hydrogens (tertiary/aromatic N) is 2. The van der Waals surface area contributed by atoms with E-state index in [0.29, 0.717) is 0 Å². The van der Waals surface area contributed by atoms with Gasteiger partial charge in [0.15, 0.2) is 0 Å². The summed E-state index contributed by atoms with van der Waals surface area (Å²) < 4.78 is 2.38. The minimum atomic E-state index is -0.108. The summed E-state index contributed by atoms with van der Waals surface area (Å²) in [6, 6.07) is 61.8. The number of hydrogen-bond donors (Lipinski definition) is 0. The molecule has 0 aliphatic heterocycles. The Kier molecular flexibility index (Phi) is 10.1. The zero-order valence-electron chi connectivity index (χ0n) is 35.7. The minimum Gasteiger partial charge on any atom is -0.311 e. The van der Waals surface area contributed by atoms with E-state index in [1.165, 1.54) is 83.2 Å². The van der Waals surface area contributed by atoms with Crippen molar-refractivity contribution in [1.29, 1.82) is 0 Å². The van der Waals surface area contributed by atoms with Crippen LogP contribution in [0.25, 0.3) is 55.3 Å². The Morgan fingerprint density at radius 2 is 1.26 bits per heavy atom. The number of fused-ring (bicyclic) bond motifs is 6. The van der Waals surface area contributed by atoms with Gasteiger partial charge in [-0.05, 0) is 136 Å². The number of allylic oxidation sites excluding steroid dienone is 10. The van der Waals surface area contributed by atoms with Crippen LogP contribution in [0.2, 0.25) is 0 Å². The Morgan fingerprint density at radius 3 is 1.98 bits per heavy atom. The van der Waals surface area contributed by atoms with Gasteiger partial charge >= 0.3 is 0 Å². The third-order valence-electron chi connectivity index (χ3n) is 12.9.